The zero-order valence-corrected chi connectivity index (χ0v) is 8.76. The fourth-order valence-electron chi connectivity index (χ4n) is 1.17. The van der Waals surface area contributed by atoms with E-state index >= 15 is 0 Å². The van der Waals surface area contributed by atoms with E-state index in [-0.39, 0.29) is 6.10 Å². The monoisotopic (exact) mass is 196 g/mol. The molecule has 0 aromatic carbocycles. The first-order valence-corrected chi connectivity index (χ1v) is 5.15. The smallest absolute Gasteiger partial charge is 0.234 e. The maximum Gasteiger partial charge on any atom is 0.234 e. The lowest BCUT2D eigenvalue weighted by molar-refractivity contribution is 0.231. The molecule has 0 saturated carbocycles. The van der Waals surface area contributed by atoms with Gasteiger partial charge in [-0.3, -0.25) is 0 Å². The highest BCUT2D eigenvalue weighted by molar-refractivity contribution is 7.15. The number of hydrogen-bond acceptors (Lipinski definition) is 3. The van der Waals surface area contributed by atoms with Crippen LogP contribution in [0.5, 0.6) is 5.88 Å². The Kier molecular flexibility index (Phi) is 2.00. The standard InChI is InChI=1S/C9H12N2OS/c1-6(2)12-8-4-9-11(10-8)7(3)5-13-9/h4-6H,1-3H3. The summed E-state index contributed by atoms with van der Waals surface area (Å²) in [5, 5.41) is 6.40. The first-order valence-electron chi connectivity index (χ1n) is 4.27. The number of hydrogen-bond donors (Lipinski definition) is 0. The van der Waals surface area contributed by atoms with Gasteiger partial charge in [-0.2, -0.15) is 0 Å². The Morgan fingerprint density at radius 1 is 1.54 bits per heavy atom. The summed E-state index contributed by atoms with van der Waals surface area (Å²) in [4.78, 5) is 1.13. The minimum absolute atomic E-state index is 0.185. The molecule has 2 aromatic rings. The molecule has 0 bridgehead atoms. The average molecular weight is 196 g/mol. The second-order valence-electron chi connectivity index (χ2n) is 3.28. The zero-order valence-electron chi connectivity index (χ0n) is 7.94. The normalized spacial score (nSPS) is 11.4. The Balaban J connectivity index is 2.39. The molecule has 0 aliphatic heterocycles. The molecule has 0 aliphatic rings. The molecule has 0 aliphatic carbocycles. The molecule has 0 amide bonds. The maximum atomic E-state index is 5.49. The summed E-state index contributed by atoms with van der Waals surface area (Å²) >= 11 is 1.68. The summed E-state index contributed by atoms with van der Waals surface area (Å²) in [6, 6.07) is 1.97. The Morgan fingerprint density at radius 3 is 2.92 bits per heavy atom. The van der Waals surface area contributed by atoms with E-state index in [0.717, 1.165) is 10.5 Å². The van der Waals surface area contributed by atoms with E-state index < -0.39 is 0 Å². The molecule has 2 rings (SSSR count). The van der Waals surface area contributed by atoms with Gasteiger partial charge in [0.05, 0.1) is 11.8 Å². The highest BCUT2D eigenvalue weighted by Crippen LogP contribution is 2.21. The summed E-state index contributed by atoms with van der Waals surface area (Å²) < 4.78 is 7.39. The highest BCUT2D eigenvalue weighted by atomic mass is 32.1. The molecule has 13 heavy (non-hydrogen) atoms. The molecule has 4 heteroatoms. The Hall–Kier alpha value is -1.03. The van der Waals surface area contributed by atoms with Gasteiger partial charge < -0.3 is 4.74 Å². The Bertz CT molecular complexity index is 416. The highest BCUT2D eigenvalue weighted by Gasteiger charge is 2.06. The van der Waals surface area contributed by atoms with Crippen molar-refractivity contribution < 1.29 is 4.74 Å². The Labute approximate surface area is 81.0 Å². The third kappa shape index (κ3) is 1.54. The van der Waals surface area contributed by atoms with Crippen molar-refractivity contribution in [2.75, 3.05) is 0 Å². The Morgan fingerprint density at radius 2 is 2.31 bits per heavy atom. The number of aryl methyl sites for hydroxylation is 1. The molecular weight excluding hydrogens is 184 g/mol. The molecule has 0 N–H and O–H groups in total. The van der Waals surface area contributed by atoms with Gasteiger partial charge in [-0.05, 0) is 20.8 Å². The predicted molar refractivity (Wildman–Crippen MR) is 53.6 cm³/mol. The van der Waals surface area contributed by atoms with E-state index in [1.165, 1.54) is 0 Å². The van der Waals surface area contributed by atoms with Crippen LogP contribution < -0.4 is 4.74 Å². The molecule has 70 valence electrons. The second kappa shape index (κ2) is 3.03. The maximum absolute atomic E-state index is 5.49. The predicted octanol–water partition coefficient (Wildman–Crippen LogP) is 2.49. The van der Waals surface area contributed by atoms with E-state index in [1.54, 1.807) is 11.3 Å². The van der Waals surface area contributed by atoms with E-state index in [2.05, 4.69) is 10.5 Å². The van der Waals surface area contributed by atoms with Crippen LogP contribution in [0.2, 0.25) is 0 Å². The third-order valence-corrected chi connectivity index (χ3v) is 2.69. The number of aromatic nitrogens is 2. The van der Waals surface area contributed by atoms with Crippen molar-refractivity contribution in [3.8, 4) is 5.88 Å². The van der Waals surface area contributed by atoms with Gasteiger partial charge in [0.25, 0.3) is 0 Å². The van der Waals surface area contributed by atoms with Gasteiger partial charge in [-0.15, -0.1) is 16.4 Å². The number of nitrogens with zero attached hydrogens (tertiary/aromatic N) is 2. The summed E-state index contributed by atoms with van der Waals surface area (Å²) in [6.07, 6.45) is 0.185. The van der Waals surface area contributed by atoms with Crippen LogP contribution in [0.1, 0.15) is 19.5 Å². The van der Waals surface area contributed by atoms with Gasteiger partial charge in [0.15, 0.2) is 0 Å². The van der Waals surface area contributed by atoms with Crippen LogP contribution >= 0.6 is 11.3 Å². The lowest BCUT2D eigenvalue weighted by Gasteiger charge is -2.04. The lowest BCUT2D eigenvalue weighted by Crippen LogP contribution is -2.05. The van der Waals surface area contributed by atoms with Gasteiger partial charge in [0.2, 0.25) is 5.88 Å². The fraction of sp³-hybridized carbons (Fsp3) is 0.444. The molecule has 0 spiro atoms. The topological polar surface area (TPSA) is 26.5 Å². The number of ether oxygens (including phenoxy) is 1. The summed E-state index contributed by atoms with van der Waals surface area (Å²) in [5.74, 6) is 0.713. The number of thiazole rings is 1. The minimum Gasteiger partial charge on any atom is -0.474 e. The van der Waals surface area contributed by atoms with Crippen molar-refractivity contribution in [3.63, 3.8) is 0 Å². The summed E-state index contributed by atoms with van der Waals surface area (Å²) in [5.41, 5.74) is 1.15. The van der Waals surface area contributed by atoms with Crippen LogP contribution in [0.3, 0.4) is 0 Å². The van der Waals surface area contributed by atoms with E-state index in [1.807, 2.05) is 31.4 Å². The molecule has 0 unspecified atom stereocenters. The largest absolute Gasteiger partial charge is 0.474 e. The number of fused-ring (bicyclic) bond motifs is 1. The summed E-state index contributed by atoms with van der Waals surface area (Å²) in [6.45, 7) is 6.04. The lowest BCUT2D eigenvalue weighted by atomic mass is 10.5. The molecule has 0 atom stereocenters. The van der Waals surface area contributed by atoms with Crippen molar-refractivity contribution in [1.82, 2.24) is 9.61 Å². The summed E-state index contributed by atoms with van der Waals surface area (Å²) in [7, 11) is 0. The molecule has 3 nitrogen and oxygen atoms in total. The van der Waals surface area contributed by atoms with E-state index in [9.17, 15) is 0 Å². The van der Waals surface area contributed by atoms with Crippen LogP contribution in [0.25, 0.3) is 4.83 Å². The van der Waals surface area contributed by atoms with Crippen LogP contribution in [0.15, 0.2) is 11.4 Å². The van der Waals surface area contributed by atoms with Crippen molar-refractivity contribution in [2.24, 2.45) is 0 Å². The van der Waals surface area contributed by atoms with Gasteiger partial charge in [0.1, 0.15) is 4.83 Å². The zero-order chi connectivity index (χ0) is 9.42. The van der Waals surface area contributed by atoms with Crippen LogP contribution in [0.4, 0.5) is 0 Å². The van der Waals surface area contributed by atoms with Gasteiger partial charge in [-0.25, -0.2) is 4.52 Å². The molecule has 0 radical (unpaired) electrons. The van der Waals surface area contributed by atoms with Crippen molar-refractivity contribution in [2.45, 2.75) is 26.9 Å². The van der Waals surface area contributed by atoms with Gasteiger partial charge in [0, 0.05) is 11.4 Å². The van der Waals surface area contributed by atoms with Crippen molar-refractivity contribution in [1.29, 1.82) is 0 Å². The average Bonchev–Trinajstić information content (AvgIpc) is 2.53. The SMILES string of the molecule is Cc1csc2cc(OC(C)C)nn12. The van der Waals surface area contributed by atoms with Crippen LogP contribution in [-0.4, -0.2) is 15.7 Å². The quantitative estimate of drug-likeness (QED) is 0.737. The third-order valence-electron chi connectivity index (χ3n) is 1.70. The van der Waals surface area contributed by atoms with Crippen LogP contribution in [-0.2, 0) is 0 Å². The van der Waals surface area contributed by atoms with Crippen molar-refractivity contribution >= 4 is 16.2 Å². The van der Waals surface area contributed by atoms with Crippen LogP contribution in [0, 0.1) is 6.92 Å². The molecular formula is C9H12N2OS. The van der Waals surface area contributed by atoms with E-state index in [0.29, 0.717) is 5.88 Å². The van der Waals surface area contributed by atoms with Crippen molar-refractivity contribution in [3.05, 3.63) is 17.1 Å². The molecule has 0 saturated heterocycles. The molecule has 2 aromatic heterocycles. The minimum atomic E-state index is 0.185. The molecule has 0 fully saturated rings. The number of rotatable bonds is 2. The van der Waals surface area contributed by atoms with Gasteiger partial charge >= 0.3 is 0 Å². The first-order chi connectivity index (χ1) is 6.16. The molecule has 2 heterocycles. The first kappa shape index (κ1) is 8.56. The van der Waals surface area contributed by atoms with Gasteiger partial charge in [-0.1, -0.05) is 0 Å². The van der Waals surface area contributed by atoms with E-state index in [4.69, 9.17) is 4.74 Å². The second-order valence-corrected chi connectivity index (χ2v) is 4.17. The fourth-order valence-corrected chi connectivity index (χ4v) is 2.02.